The van der Waals surface area contributed by atoms with E-state index < -0.39 is 11.8 Å². The SMILES string of the molecule is CCN(C(=O)Nc1ccccc1F)c1cc(O)ccc1C. The van der Waals surface area contributed by atoms with Gasteiger partial charge in [-0.3, -0.25) is 4.90 Å². The highest BCUT2D eigenvalue weighted by Gasteiger charge is 2.17. The predicted molar refractivity (Wildman–Crippen MR) is 81.3 cm³/mol. The van der Waals surface area contributed by atoms with Crippen molar-refractivity contribution >= 4 is 17.4 Å². The topological polar surface area (TPSA) is 52.6 Å². The second kappa shape index (κ2) is 6.26. The number of phenolic OH excluding ortho intramolecular Hbond substituents is 1. The molecule has 0 aromatic heterocycles. The predicted octanol–water partition coefficient (Wildman–Crippen LogP) is 3.90. The number of hydrogen-bond acceptors (Lipinski definition) is 2. The molecule has 0 aliphatic rings. The molecule has 0 spiro atoms. The number of carbonyl (C=O) groups excluding carboxylic acids is 1. The van der Waals surface area contributed by atoms with Gasteiger partial charge in [0.2, 0.25) is 0 Å². The molecule has 0 aliphatic carbocycles. The molecule has 0 aliphatic heterocycles. The summed E-state index contributed by atoms with van der Waals surface area (Å²) in [6, 6.07) is 10.3. The van der Waals surface area contributed by atoms with Crippen molar-refractivity contribution in [1.29, 1.82) is 0 Å². The maximum atomic E-state index is 13.6. The van der Waals surface area contributed by atoms with Crippen molar-refractivity contribution in [3.8, 4) is 5.75 Å². The molecule has 0 saturated heterocycles. The molecule has 110 valence electrons. The van der Waals surface area contributed by atoms with E-state index in [2.05, 4.69) is 5.32 Å². The smallest absolute Gasteiger partial charge is 0.326 e. The molecule has 2 N–H and O–H groups in total. The van der Waals surface area contributed by atoms with Gasteiger partial charge in [-0.2, -0.15) is 0 Å². The van der Waals surface area contributed by atoms with Gasteiger partial charge in [0.1, 0.15) is 11.6 Å². The van der Waals surface area contributed by atoms with E-state index >= 15 is 0 Å². The van der Waals surface area contributed by atoms with Crippen LogP contribution in [-0.4, -0.2) is 17.7 Å². The number of nitrogens with one attached hydrogen (secondary N) is 1. The Kier molecular flexibility index (Phi) is 4.42. The number of halogens is 1. The van der Waals surface area contributed by atoms with Crippen LogP contribution in [0, 0.1) is 12.7 Å². The number of nitrogens with zero attached hydrogens (tertiary/aromatic N) is 1. The third kappa shape index (κ3) is 3.31. The zero-order chi connectivity index (χ0) is 15.4. The van der Waals surface area contributed by atoms with Gasteiger partial charge in [-0.1, -0.05) is 18.2 Å². The van der Waals surface area contributed by atoms with Gasteiger partial charge >= 0.3 is 6.03 Å². The maximum Gasteiger partial charge on any atom is 0.326 e. The highest BCUT2D eigenvalue weighted by molar-refractivity contribution is 6.02. The van der Waals surface area contributed by atoms with E-state index in [1.165, 1.54) is 23.1 Å². The van der Waals surface area contributed by atoms with Crippen LogP contribution >= 0.6 is 0 Å². The fourth-order valence-corrected chi connectivity index (χ4v) is 2.06. The summed E-state index contributed by atoms with van der Waals surface area (Å²) in [6.07, 6.45) is 0. The van der Waals surface area contributed by atoms with Gasteiger partial charge in [-0.15, -0.1) is 0 Å². The Morgan fingerprint density at radius 2 is 2.00 bits per heavy atom. The number of rotatable bonds is 3. The van der Waals surface area contributed by atoms with Crippen molar-refractivity contribution < 1.29 is 14.3 Å². The lowest BCUT2D eigenvalue weighted by Gasteiger charge is -2.23. The molecule has 21 heavy (non-hydrogen) atoms. The normalized spacial score (nSPS) is 10.2. The maximum absolute atomic E-state index is 13.6. The Bertz CT molecular complexity index is 658. The number of amides is 2. The molecule has 0 bridgehead atoms. The first-order valence-electron chi connectivity index (χ1n) is 6.65. The Hall–Kier alpha value is -2.56. The van der Waals surface area contributed by atoms with E-state index in [-0.39, 0.29) is 11.4 Å². The minimum absolute atomic E-state index is 0.0766. The van der Waals surface area contributed by atoms with E-state index in [4.69, 9.17) is 0 Å². The number of benzene rings is 2. The Morgan fingerprint density at radius 1 is 1.29 bits per heavy atom. The molecule has 0 heterocycles. The van der Waals surface area contributed by atoms with Crippen LogP contribution in [0.25, 0.3) is 0 Å². The minimum Gasteiger partial charge on any atom is -0.508 e. The molecule has 2 rings (SSSR count). The van der Waals surface area contributed by atoms with E-state index in [1.54, 1.807) is 24.3 Å². The van der Waals surface area contributed by atoms with Crippen LogP contribution in [0.15, 0.2) is 42.5 Å². The van der Waals surface area contributed by atoms with Crippen molar-refractivity contribution in [2.24, 2.45) is 0 Å². The third-order valence-corrected chi connectivity index (χ3v) is 3.16. The highest BCUT2D eigenvalue weighted by Crippen LogP contribution is 2.25. The number of aryl methyl sites for hydroxylation is 1. The molecule has 2 aromatic rings. The van der Waals surface area contributed by atoms with E-state index in [0.717, 1.165) is 5.56 Å². The van der Waals surface area contributed by atoms with Crippen LogP contribution in [0.1, 0.15) is 12.5 Å². The van der Waals surface area contributed by atoms with Gasteiger partial charge in [0.15, 0.2) is 0 Å². The van der Waals surface area contributed by atoms with E-state index in [0.29, 0.717) is 12.2 Å². The average molecular weight is 288 g/mol. The summed E-state index contributed by atoms with van der Waals surface area (Å²) in [6.45, 7) is 4.04. The standard InChI is InChI=1S/C16H17FN2O2/c1-3-19(15-10-12(20)9-8-11(15)2)16(21)18-14-7-5-4-6-13(14)17/h4-10,20H,3H2,1-2H3,(H,18,21). The van der Waals surface area contributed by atoms with Crippen LogP contribution in [0.2, 0.25) is 0 Å². The molecule has 0 saturated carbocycles. The summed E-state index contributed by atoms with van der Waals surface area (Å²) in [7, 11) is 0. The largest absolute Gasteiger partial charge is 0.508 e. The lowest BCUT2D eigenvalue weighted by atomic mass is 10.1. The first kappa shape index (κ1) is 14.8. The molecule has 0 atom stereocenters. The quantitative estimate of drug-likeness (QED) is 0.900. The number of urea groups is 1. The molecule has 5 heteroatoms. The number of carbonyl (C=O) groups is 1. The Morgan fingerprint density at radius 3 is 2.67 bits per heavy atom. The minimum atomic E-state index is -0.491. The number of anilines is 2. The van der Waals surface area contributed by atoms with Gasteiger partial charge in [0, 0.05) is 12.6 Å². The molecular weight excluding hydrogens is 271 g/mol. The molecule has 4 nitrogen and oxygen atoms in total. The summed E-state index contributed by atoms with van der Waals surface area (Å²) in [5.41, 5.74) is 1.56. The summed E-state index contributed by atoms with van der Waals surface area (Å²) in [5, 5.41) is 12.1. The van der Waals surface area contributed by atoms with Crippen LogP contribution < -0.4 is 10.2 Å². The van der Waals surface area contributed by atoms with Crippen LogP contribution in [-0.2, 0) is 0 Å². The zero-order valence-electron chi connectivity index (χ0n) is 11.9. The highest BCUT2D eigenvalue weighted by atomic mass is 19.1. The first-order valence-corrected chi connectivity index (χ1v) is 6.65. The van der Waals surface area contributed by atoms with Crippen molar-refractivity contribution in [3.05, 3.63) is 53.8 Å². The number of para-hydroxylation sites is 1. The van der Waals surface area contributed by atoms with Crippen LogP contribution in [0.3, 0.4) is 0 Å². The Labute approximate surface area is 122 Å². The van der Waals surface area contributed by atoms with Gasteiger partial charge < -0.3 is 10.4 Å². The monoisotopic (exact) mass is 288 g/mol. The van der Waals surface area contributed by atoms with E-state index in [9.17, 15) is 14.3 Å². The molecule has 2 aromatic carbocycles. The van der Waals surface area contributed by atoms with Crippen LogP contribution in [0.4, 0.5) is 20.6 Å². The molecule has 2 amide bonds. The molecule has 0 unspecified atom stereocenters. The number of aromatic hydroxyl groups is 1. The number of phenols is 1. The Balaban J connectivity index is 2.27. The lowest BCUT2D eigenvalue weighted by Crippen LogP contribution is -2.35. The van der Waals surface area contributed by atoms with Gasteiger partial charge in [-0.05, 0) is 37.6 Å². The van der Waals surface area contributed by atoms with Crippen molar-refractivity contribution in [2.45, 2.75) is 13.8 Å². The van der Waals surface area contributed by atoms with Crippen LogP contribution in [0.5, 0.6) is 5.75 Å². The summed E-state index contributed by atoms with van der Waals surface area (Å²) >= 11 is 0. The third-order valence-electron chi connectivity index (χ3n) is 3.16. The second-order valence-corrected chi connectivity index (χ2v) is 4.63. The van der Waals surface area contributed by atoms with Gasteiger partial charge in [0.25, 0.3) is 0 Å². The molecule has 0 radical (unpaired) electrons. The molecular formula is C16H17FN2O2. The molecule has 0 fully saturated rings. The zero-order valence-corrected chi connectivity index (χ0v) is 11.9. The van der Waals surface area contributed by atoms with E-state index in [1.807, 2.05) is 13.8 Å². The summed E-state index contributed by atoms with van der Waals surface area (Å²) in [5.74, 6) is -0.415. The fourth-order valence-electron chi connectivity index (χ4n) is 2.06. The second-order valence-electron chi connectivity index (χ2n) is 4.63. The van der Waals surface area contributed by atoms with Gasteiger partial charge in [0.05, 0.1) is 11.4 Å². The fraction of sp³-hybridized carbons (Fsp3) is 0.188. The summed E-state index contributed by atoms with van der Waals surface area (Å²) < 4.78 is 13.6. The van der Waals surface area contributed by atoms with Gasteiger partial charge in [-0.25, -0.2) is 9.18 Å². The first-order chi connectivity index (χ1) is 10.0. The summed E-state index contributed by atoms with van der Waals surface area (Å²) in [4.78, 5) is 13.8. The average Bonchev–Trinajstić information content (AvgIpc) is 2.46. The van der Waals surface area contributed by atoms with Crippen molar-refractivity contribution in [2.75, 3.05) is 16.8 Å². The van der Waals surface area contributed by atoms with Crippen molar-refractivity contribution in [3.63, 3.8) is 0 Å². The lowest BCUT2D eigenvalue weighted by molar-refractivity contribution is 0.257. The number of hydrogen-bond donors (Lipinski definition) is 2. The van der Waals surface area contributed by atoms with Crippen molar-refractivity contribution in [1.82, 2.24) is 0 Å².